The Labute approximate surface area is 133 Å². The minimum Gasteiger partial charge on any atom is -0.311 e. The molecule has 2 rings (SSSR count). The molecule has 1 aliphatic rings. The lowest BCUT2D eigenvalue weighted by Gasteiger charge is -2.43. The molecule has 0 aromatic heterocycles. The first-order valence-corrected chi connectivity index (χ1v) is 8.09. The molecule has 0 spiro atoms. The number of hydrogen-bond acceptors (Lipinski definition) is 2. The fourth-order valence-corrected chi connectivity index (χ4v) is 3.94. The molecule has 0 radical (unpaired) electrons. The Balaban J connectivity index is 2.49. The molecule has 1 atom stereocenters. The molecule has 0 saturated heterocycles. The van der Waals surface area contributed by atoms with Crippen molar-refractivity contribution in [1.29, 1.82) is 0 Å². The molecule has 1 N–H and O–H groups in total. The molecule has 1 aromatic rings. The van der Waals surface area contributed by atoms with Crippen LogP contribution in [0, 0.1) is 5.82 Å². The van der Waals surface area contributed by atoms with E-state index in [1.165, 1.54) is 12.8 Å². The van der Waals surface area contributed by atoms with Crippen molar-refractivity contribution in [2.75, 3.05) is 21.1 Å². The fraction of sp³-hybridized carbons (Fsp3) is 0.600. The molecular formula is C15H21BrClFN2. The molecule has 0 amide bonds. The Morgan fingerprint density at radius 1 is 1.35 bits per heavy atom. The maximum absolute atomic E-state index is 14.6. The van der Waals surface area contributed by atoms with Crippen molar-refractivity contribution in [3.63, 3.8) is 0 Å². The highest BCUT2D eigenvalue weighted by atomic mass is 79.9. The lowest BCUT2D eigenvalue weighted by Crippen LogP contribution is -2.51. The molecule has 0 aliphatic heterocycles. The van der Waals surface area contributed by atoms with Crippen LogP contribution in [0.2, 0.25) is 5.02 Å². The second kappa shape index (κ2) is 6.30. The van der Waals surface area contributed by atoms with Crippen LogP contribution >= 0.6 is 27.5 Å². The minimum atomic E-state index is -0.325. The highest BCUT2D eigenvalue weighted by Crippen LogP contribution is 2.45. The molecule has 112 valence electrons. The maximum atomic E-state index is 14.6. The molecular weight excluding hydrogens is 343 g/mol. The van der Waals surface area contributed by atoms with Gasteiger partial charge < -0.3 is 10.2 Å². The van der Waals surface area contributed by atoms with Gasteiger partial charge >= 0.3 is 0 Å². The van der Waals surface area contributed by atoms with Gasteiger partial charge in [0.25, 0.3) is 0 Å². The summed E-state index contributed by atoms with van der Waals surface area (Å²) in [6.45, 7) is 0. The number of likely N-dealkylation sites (N-methyl/N-ethyl adjacent to an activating group) is 2. The van der Waals surface area contributed by atoms with Crippen LogP contribution in [0.15, 0.2) is 16.6 Å². The zero-order valence-corrected chi connectivity index (χ0v) is 14.5. The summed E-state index contributed by atoms with van der Waals surface area (Å²) >= 11 is 9.33. The molecule has 1 aliphatic carbocycles. The lowest BCUT2D eigenvalue weighted by atomic mass is 9.82. The summed E-state index contributed by atoms with van der Waals surface area (Å²) in [6.07, 6.45) is 4.50. The van der Waals surface area contributed by atoms with Gasteiger partial charge in [-0.3, -0.25) is 0 Å². The molecule has 5 heteroatoms. The van der Waals surface area contributed by atoms with Crippen LogP contribution in [0.3, 0.4) is 0 Å². The average molecular weight is 364 g/mol. The van der Waals surface area contributed by atoms with E-state index in [2.05, 4.69) is 40.2 Å². The number of nitrogens with zero attached hydrogens (tertiary/aromatic N) is 1. The summed E-state index contributed by atoms with van der Waals surface area (Å²) in [5.74, 6) is -0.325. The minimum absolute atomic E-state index is 0.0489. The Bertz CT molecular complexity index is 487. The largest absolute Gasteiger partial charge is 0.311 e. The molecule has 2 nitrogen and oxygen atoms in total. The second-order valence-corrected chi connectivity index (χ2v) is 6.92. The van der Waals surface area contributed by atoms with E-state index in [1.807, 2.05) is 19.2 Å². The Morgan fingerprint density at radius 2 is 1.95 bits per heavy atom. The zero-order valence-electron chi connectivity index (χ0n) is 12.1. The van der Waals surface area contributed by atoms with E-state index in [-0.39, 0.29) is 22.4 Å². The number of hydrogen-bond donors (Lipinski definition) is 1. The van der Waals surface area contributed by atoms with E-state index >= 15 is 0 Å². The zero-order chi connectivity index (χ0) is 14.9. The molecule has 0 heterocycles. The van der Waals surface area contributed by atoms with Gasteiger partial charge in [-0.1, -0.05) is 30.5 Å². The summed E-state index contributed by atoms with van der Waals surface area (Å²) in [6, 6.07) is 3.59. The summed E-state index contributed by atoms with van der Waals surface area (Å²) in [5, 5.41) is 3.48. The lowest BCUT2D eigenvalue weighted by molar-refractivity contribution is 0.107. The Hall–Kier alpha value is -0.160. The Kier molecular flexibility index (Phi) is 5.11. The van der Waals surface area contributed by atoms with Gasteiger partial charge in [-0.25, -0.2) is 4.39 Å². The topological polar surface area (TPSA) is 15.3 Å². The standard InChI is InChI=1S/C15H21BrClFN2/c1-19-14(15(20(2)3)8-4-5-9-15)10-6-7-11(16)12(17)13(10)18/h6-7,14,19H,4-5,8-9H2,1-3H3. The average Bonchev–Trinajstić information content (AvgIpc) is 2.90. The summed E-state index contributed by atoms with van der Waals surface area (Å²) < 4.78 is 15.2. The normalized spacial score (nSPS) is 19.6. The van der Waals surface area contributed by atoms with E-state index in [4.69, 9.17) is 11.6 Å². The van der Waals surface area contributed by atoms with Crippen LogP contribution < -0.4 is 5.32 Å². The van der Waals surface area contributed by atoms with E-state index in [9.17, 15) is 4.39 Å². The van der Waals surface area contributed by atoms with Crippen molar-refractivity contribution in [1.82, 2.24) is 10.2 Å². The van der Waals surface area contributed by atoms with E-state index in [0.717, 1.165) is 12.8 Å². The van der Waals surface area contributed by atoms with Crippen LogP contribution in [0.4, 0.5) is 4.39 Å². The summed E-state index contributed by atoms with van der Waals surface area (Å²) in [4.78, 5) is 2.23. The van der Waals surface area contributed by atoms with Crippen molar-refractivity contribution in [3.8, 4) is 0 Å². The van der Waals surface area contributed by atoms with Crippen molar-refractivity contribution in [2.45, 2.75) is 37.3 Å². The van der Waals surface area contributed by atoms with Crippen LogP contribution in [-0.2, 0) is 0 Å². The molecule has 1 unspecified atom stereocenters. The number of halogens is 3. The van der Waals surface area contributed by atoms with Gasteiger partial charge in [-0.2, -0.15) is 0 Å². The number of rotatable bonds is 4. The fourth-order valence-electron chi connectivity index (χ4n) is 3.46. The monoisotopic (exact) mass is 362 g/mol. The highest BCUT2D eigenvalue weighted by molar-refractivity contribution is 9.10. The number of nitrogens with one attached hydrogen (secondary N) is 1. The third kappa shape index (κ3) is 2.63. The second-order valence-electron chi connectivity index (χ2n) is 5.69. The first-order valence-electron chi connectivity index (χ1n) is 6.92. The van der Waals surface area contributed by atoms with Crippen molar-refractivity contribution in [2.24, 2.45) is 0 Å². The highest BCUT2D eigenvalue weighted by Gasteiger charge is 2.44. The molecule has 1 aromatic carbocycles. The molecule has 0 bridgehead atoms. The van der Waals surface area contributed by atoms with Gasteiger partial charge in [-0.05, 0) is 56.0 Å². The predicted molar refractivity (Wildman–Crippen MR) is 85.8 cm³/mol. The van der Waals surface area contributed by atoms with Crippen LogP contribution in [0.25, 0.3) is 0 Å². The SMILES string of the molecule is CNC(c1ccc(Br)c(Cl)c1F)C1(N(C)C)CCCC1. The van der Waals surface area contributed by atoms with Gasteiger partial charge in [0.05, 0.1) is 11.1 Å². The first kappa shape index (κ1) is 16.2. The van der Waals surface area contributed by atoms with E-state index in [1.54, 1.807) is 0 Å². The van der Waals surface area contributed by atoms with E-state index in [0.29, 0.717) is 10.0 Å². The van der Waals surface area contributed by atoms with Crippen molar-refractivity contribution in [3.05, 3.63) is 33.0 Å². The quantitative estimate of drug-likeness (QED) is 0.799. The van der Waals surface area contributed by atoms with Gasteiger partial charge in [0.1, 0.15) is 5.82 Å². The maximum Gasteiger partial charge on any atom is 0.147 e. The van der Waals surface area contributed by atoms with Crippen LogP contribution in [-0.4, -0.2) is 31.6 Å². The van der Waals surface area contributed by atoms with Crippen molar-refractivity contribution < 1.29 is 4.39 Å². The number of benzene rings is 1. The van der Waals surface area contributed by atoms with Gasteiger partial charge in [0.15, 0.2) is 0 Å². The van der Waals surface area contributed by atoms with Crippen LogP contribution in [0.1, 0.15) is 37.3 Å². The van der Waals surface area contributed by atoms with E-state index < -0.39 is 0 Å². The first-order chi connectivity index (χ1) is 9.44. The Morgan fingerprint density at radius 3 is 2.45 bits per heavy atom. The predicted octanol–water partition coefficient (Wildman–Crippen LogP) is 4.38. The van der Waals surface area contributed by atoms with Crippen LogP contribution in [0.5, 0.6) is 0 Å². The third-order valence-electron chi connectivity index (χ3n) is 4.56. The molecule has 20 heavy (non-hydrogen) atoms. The molecule has 1 saturated carbocycles. The summed E-state index contributed by atoms with van der Waals surface area (Å²) in [7, 11) is 6.05. The van der Waals surface area contributed by atoms with Gasteiger partial charge in [-0.15, -0.1) is 0 Å². The molecule has 1 fully saturated rings. The summed E-state index contributed by atoms with van der Waals surface area (Å²) in [5.41, 5.74) is 0.600. The van der Waals surface area contributed by atoms with Crippen molar-refractivity contribution >= 4 is 27.5 Å². The van der Waals surface area contributed by atoms with Gasteiger partial charge in [0, 0.05) is 15.6 Å². The third-order valence-corrected chi connectivity index (χ3v) is 5.82. The van der Waals surface area contributed by atoms with Gasteiger partial charge in [0.2, 0.25) is 0 Å². The smallest absolute Gasteiger partial charge is 0.147 e.